The summed E-state index contributed by atoms with van der Waals surface area (Å²) in [5, 5.41) is 1.86. The van der Waals surface area contributed by atoms with Crippen LogP contribution in [0.15, 0.2) is 41.7 Å². The van der Waals surface area contributed by atoms with Crippen LogP contribution in [0, 0.1) is 6.92 Å². The molecule has 2 heterocycles. The number of fused-ring (bicyclic) bond motifs is 1. The Morgan fingerprint density at radius 1 is 1.00 bits per heavy atom. The maximum absolute atomic E-state index is 4.62. The van der Waals surface area contributed by atoms with E-state index in [1.165, 1.54) is 0 Å². The Morgan fingerprint density at radius 3 is 2.53 bits per heavy atom. The first kappa shape index (κ1) is 12.0. The van der Waals surface area contributed by atoms with Crippen LogP contribution >= 0.6 is 11.8 Å². The molecule has 0 saturated carbocycles. The molecule has 0 aliphatic rings. The number of rotatable bonds is 2. The summed E-state index contributed by atoms with van der Waals surface area (Å²) in [6, 6.07) is 9.94. The third kappa shape index (κ3) is 2.17. The van der Waals surface area contributed by atoms with Crippen molar-refractivity contribution in [2.24, 2.45) is 0 Å². The van der Waals surface area contributed by atoms with Crippen molar-refractivity contribution in [3.63, 3.8) is 0 Å². The quantitative estimate of drug-likeness (QED) is 0.528. The second-order valence-corrected chi connectivity index (χ2v) is 4.88. The largest absolute Gasteiger partial charge is 0.241 e. The monoisotopic (exact) mass is 268 g/mol. The first-order valence-electron chi connectivity index (χ1n) is 5.88. The van der Waals surface area contributed by atoms with Gasteiger partial charge in [0.25, 0.3) is 0 Å². The number of benzene rings is 1. The lowest BCUT2D eigenvalue weighted by Crippen LogP contribution is -1.98. The molecule has 0 fully saturated rings. The van der Waals surface area contributed by atoms with Crippen LogP contribution in [0.3, 0.4) is 0 Å². The normalized spacial score (nSPS) is 10.8. The standard InChI is InChI=1S/C14H12N4S/c1-9-11-13(16-8-15-9)17-12(18-14(11)19-2)10-6-4-3-5-7-10/h3-8H,1-2H3. The third-order valence-corrected chi connectivity index (χ3v) is 3.56. The van der Waals surface area contributed by atoms with Gasteiger partial charge in [-0.15, -0.1) is 11.8 Å². The summed E-state index contributed by atoms with van der Waals surface area (Å²) in [5.74, 6) is 0.704. The molecule has 3 aromatic rings. The first-order valence-corrected chi connectivity index (χ1v) is 7.11. The highest BCUT2D eigenvalue weighted by Gasteiger charge is 2.11. The van der Waals surface area contributed by atoms with Crippen LogP contribution in [0.1, 0.15) is 5.69 Å². The Morgan fingerprint density at radius 2 is 1.79 bits per heavy atom. The van der Waals surface area contributed by atoms with E-state index in [2.05, 4.69) is 19.9 Å². The molecule has 19 heavy (non-hydrogen) atoms. The highest BCUT2D eigenvalue weighted by molar-refractivity contribution is 7.98. The molecule has 0 radical (unpaired) electrons. The number of aromatic nitrogens is 4. The first-order chi connectivity index (χ1) is 9.29. The van der Waals surface area contributed by atoms with Gasteiger partial charge >= 0.3 is 0 Å². The van der Waals surface area contributed by atoms with Gasteiger partial charge in [-0.1, -0.05) is 30.3 Å². The molecule has 94 valence electrons. The Labute approximate surface area is 115 Å². The molecule has 2 aromatic heterocycles. The van der Waals surface area contributed by atoms with E-state index in [0.29, 0.717) is 11.5 Å². The number of thioether (sulfide) groups is 1. The summed E-state index contributed by atoms with van der Waals surface area (Å²) >= 11 is 1.59. The molecular formula is C14H12N4S. The van der Waals surface area contributed by atoms with Crippen molar-refractivity contribution in [1.82, 2.24) is 19.9 Å². The summed E-state index contributed by atoms with van der Waals surface area (Å²) < 4.78 is 0. The molecule has 0 amide bonds. The highest BCUT2D eigenvalue weighted by atomic mass is 32.2. The molecule has 0 bridgehead atoms. The second-order valence-electron chi connectivity index (χ2n) is 4.08. The average Bonchev–Trinajstić information content (AvgIpc) is 2.47. The van der Waals surface area contributed by atoms with Gasteiger partial charge < -0.3 is 0 Å². The molecule has 1 aromatic carbocycles. The molecule has 0 unspecified atom stereocenters. The number of hydrogen-bond acceptors (Lipinski definition) is 5. The van der Waals surface area contributed by atoms with Gasteiger partial charge in [0.1, 0.15) is 11.4 Å². The molecule has 0 atom stereocenters. The van der Waals surface area contributed by atoms with Gasteiger partial charge in [0, 0.05) is 5.56 Å². The molecule has 0 aliphatic heterocycles. The van der Waals surface area contributed by atoms with E-state index in [-0.39, 0.29) is 0 Å². The number of aryl methyl sites for hydroxylation is 1. The topological polar surface area (TPSA) is 51.6 Å². The van der Waals surface area contributed by atoms with Gasteiger partial charge in [0.15, 0.2) is 11.5 Å². The van der Waals surface area contributed by atoms with Gasteiger partial charge in [-0.3, -0.25) is 0 Å². The van der Waals surface area contributed by atoms with E-state index >= 15 is 0 Å². The summed E-state index contributed by atoms with van der Waals surface area (Å²) in [6.07, 6.45) is 3.55. The van der Waals surface area contributed by atoms with Crippen molar-refractivity contribution in [2.45, 2.75) is 11.9 Å². The van der Waals surface area contributed by atoms with E-state index in [1.807, 2.05) is 43.5 Å². The fraction of sp³-hybridized carbons (Fsp3) is 0.143. The van der Waals surface area contributed by atoms with Crippen molar-refractivity contribution in [2.75, 3.05) is 6.26 Å². The van der Waals surface area contributed by atoms with Crippen LogP contribution in [0.5, 0.6) is 0 Å². The molecule has 0 saturated heterocycles. The Hall–Kier alpha value is -2.01. The summed E-state index contributed by atoms with van der Waals surface area (Å²) in [6.45, 7) is 1.95. The maximum Gasteiger partial charge on any atom is 0.167 e. The van der Waals surface area contributed by atoms with Gasteiger partial charge in [0.2, 0.25) is 0 Å². The fourth-order valence-corrected chi connectivity index (χ4v) is 2.56. The Kier molecular flexibility index (Phi) is 3.13. The zero-order valence-electron chi connectivity index (χ0n) is 10.7. The number of nitrogens with zero attached hydrogens (tertiary/aromatic N) is 4. The van der Waals surface area contributed by atoms with Crippen molar-refractivity contribution >= 4 is 22.8 Å². The van der Waals surface area contributed by atoms with Gasteiger partial charge in [-0.25, -0.2) is 19.9 Å². The van der Waals surface area contributed by atoms with Gasteiger partial charge in [-0.05, 0) is 13.2 Å². The van der Waals surface area contributed by atoms with E-state index in [1.54, 1.807) is 18.1 Å². The lowest BCUT2D eigenvalue weighted by atomic mass is 10.2. The molecule has 0 N–H and O–H groups in total. The molecule has 0 aliphatic carbocycles. The smallest absolute Gasteiger partial charge is 0.167 e. The fourth-order valence-electron chi connectivity index (χ4n) is 1.94. The second kappa shape index (κ2) is 4.93. The van der Waals surface area contributed by atoms with E-state index in [9.17, 15) is 0 Å². The van der Waals surface area contributed by atoms with Crippen molar-refractivity contribution in [3.8, 4) is 11.4 Å². The van der Waals surface area contributed by atoms with Crippen LogP contribution in [0.4, 0.5) is 0 Å². The Bertz CT molecular complexity index is 728. The molecule has 5 heteroatoms. The molecule has 3 rings (SSSR count). The minimum Gasteiger partial charge on any atom is -0.241 e. The van der Waals surface area contributed by atoms with E-state index < -0.39 is 0 Å². The Balaban J connectivity index is 2.30. The van der Waals surface area contributed by atoms with Crippen LogP contribution < -0.4 is 0 Å². The zero-order chi connectivity index (χ0) is 13.2. The van der Waals surface area contributed by atoms with Crippen molar-refractivity contribution in [1.29, 1.82) is 0 Å². The van der Waals surface area contributed by atoms with Gasteiger partial charge in [-0.2, -0.15) is 0 Å². The maximum atomic E-state index is 4.62. The molecule has 4 nitrogen and oxygen atoms in total. The third-order valence-electron chi connectivity index (χ3n) is 2.88. The molecular weight excluding hydrogens is 256 g/mol. The average molecular weight is 268 g/mol. The summed E-state index contributed by atoms with van der Waals surface area (Å²) in [5.41, 5.74) is 2.61. The SMILES string of the molecule is CSc1nc(-c2ccccc2)nc2ncnc(C)c12. The van der Waals surface area contributed by atoms with E-state index in [4.69, 9.17) is 0 Å². The van der Waals surface area contributed by atoms with Crippen molar-refractivity contribution in [3.05, 3.63) is 42.4 Å². The summed E-state index contributed by atoms with van der Waals surface area (Å²) in [7, 11) is 0. The highest BCUT2D eigenvalue weighted by Crippen LogP contribution is 2.27. The van der Waals surface area contributed by atoms with Crippen LogP contribution in [0.2, 0.25) is 0 Å². The minimum atomic E-state index is 0.700. The van der Waals surface area contributed by atoms with Crippen molar-refractivity contribution < 1.29 is 0 Å². The lowest BCUT2D eigenvalue weighted by Gasteiger charge is -2.07. The zero-order valence-corrected chi connectivity index (χ0v) is 11.5. The van der Waals surface area contributed by atoms with Crippen LogP contribution in [-0.2, 0) is 0 Å². The van der Waals surface area contributed by atoms with Crippen LogP contribution in [0.25, 0.3) is 22.4 Å². The minimum absolute atomic E-state index is 0.700. The van der Waals surface area contributed by atoms with Gasteiger partial charge in [0.05, 0.1) is 11.1 Å². The lowest BCUT2D eigenvalue weighted by molar-refractivity contribution is 1.05. The number of hydrogen-bond donors (Lipinski definition) is 0. The van der Waals surface area contributed by atoms with Crippen LogP contribution in [-0.4, -0.2) is 26.2 Å². The van der Waals surface area contributed by atoms with E-state index in [0.717, 1.165) is 21.7 Å². The molecule has 0 spiro atoms. The predicted octanol–water partition coefficient (Wildman–Crippen LogP) is 3.12. The summed E-state index contributed by atoms with van der Waals surface area (Å²) in [4.78, 5) is 17.6. The predicted molar refractivity (Wildman–Crippen MR) is 77.1 cm³/mol.